The molecule has 0 aliphatic heterocycles. The molecule has 1 saturated carbocycles. The number of rotatable bonds is 7. The van der Waals surface area contributed by atoms with E-state index >= 15 is 0 Å². The fourth-order valence-electron chi connectivity index (χ4n) is 3.77. The number of carboxylic acid groups (broad SMARTS) is 1. The molecule has 3 rings (SSSR count). The Morgan fingerprint density at radius 1 is 1.07 bits per heavy atom. The fourth-order valence-corrected chi connectivity index (χ4v) is 5.45. The van der Waals surface area contributed by atoms with Crippen molar-refractivity contribution < 1.29 is 23.1 Å². The highest BCUT2D eigenvalue weighted by molar-refractivity contribution is 7.89. The second-order valence-corrected chi connectivity index (χ2v) is 8.90. The van der Waals surface area contributed by atoms with Crippen LogP contribution in [0.4, 0.5) is 0 Å². The zero-order valence-corrected chi connectivity index (χ0v) is 16.6. The molecule has 6 nitrogen and oxygen atoms in total. The predicted octanol–water partition coefficient (Wildman–Crippen LogP) is 3.53. The molecular weight excluding hydrogens is 378 g/mol. The highest BCUT2D eigenvalue weighted by Gasteiger charge is 2.40. The number of sulfonamides is 1. The van der Waals surface area contributed by atoms with E-state index in [2.05, 4.69) is 0 Å². The Labute approximate surface area is 165 Å². The minimum absolute atomic E-state index is 0.138. The molecule has 0 saturated heterocycles. The predicted molar refractivity (Wildman–Crippen MR) is 106 cm³/mol. The molecule has 0 amide bonds. The third kappa shape index (κ3) is 4.36. The van der Waals surface area contributed by atoms with Crippen molar-refractivity contribution in [1.82, 2.24) is 4.31 Å². The summed E-state index contributed by atoms with van der Waals surface area (Å²) in [5.41, 5.74) is 0.828. The van der Waals surface area contributed by atoms with Crippen molar-refractivity contribution in [1.29, 1.82) is 0 Å². The molecule has 150 valence electrons. The molecule has 0 heterocycles. The number of carbonyl (C=O) groups is 1. The zero-order valence-electron chi connectivity index (χ0n) is 15.8. The number of methoxy groups -OCH3 is 1. The maximum Gasteiger partial charge on any atom is 0.308 e. The van der Waals surface area contributed by atoms with Crippen LogP contribution in [0.1, 0.15) is 31.2 Å². The summed E-state index contributed by atoms with van der Waals surface area (Å²) >= 11 is 0. The minimum atomic E-state index is -3.88. The standard InChI is InChI=1S/C21H25NO5S/c1-27-17-11-13-18(14-12-17)28(25,26)22(15-16-7-3-2-4-8-16)20-10-6-5-9-19(20)21(23)24/h2-4,7-8,11-14,19-20H,5-6,9-10,15H2,1H3,(H,23,24)/t19-,20-/m0/s1. The van der Waals surface area contributed by atoms with Crippen molar-refractivity contribution in [2.24, 2.45) is 5.92 Å². The van der Waals surface area contributed by atoms with E-state index < -0.39 is 28.0 Å². The van der Waals surface area contributed by atoms with Crippen molar-refractivity contribution in [2.75, 3.05) is 7.11 Å². The van der Waals surface area contributed by atoms with Gasteiger partial charge in [-0.2, -0.15) is 4.31 Å². The lowest BCUT2D eigenvalue weighted by molar-refractivity contribution is -0.144. The van der Waals surface area contributed by atoms with Gasteiger partial charge in [0.25, 0.3) is 0 Å². The lowest BCUT2D eigenvalue weighted by atomic mass is 9.84. The van der Waals surface area contributed by atoms with Crippen LogP contribution < -0.4 is 4.74 Å². The van der Waals surface area contributed by atoms with Gasteiger partial charge in [0, 0.05) is 12.6 Å². The number of hydrogen-bond donors (Lipinski definition) is 1. The third-order valence-electron chi connectivity index (χ3n) is 5.26. The first-order valence-electron chi connectivity index (χ1n) is 9.36. The average molecular weight is 404 g/mol. The maximum atomic E-state index is 13.5. The Bertz CT molecular complexity index is 896. The van der Waals surface area contributed by atoms with Crippen molar-refractivity contribution in [2.45, 2.75) is 43.2 Å². The molecule has 1 aliphatic carbocycles. The Kier molecular flexibility index (Phi) is 6.36. The Hall–Kier alpha value is -2.38. The molecule has 28 heavy (non-hydrogen) atoms. The normalized spacial score (nSPS) is 20.1. The summed E-state index contributed by atoms with van der Waals surface area (Å²) in [5.74, 6) is -1.08. The molecule has 2 aromatic rings. The Balaban J connectivity index is 2.02. The second kappa shape index (κ2) is 8.75. The summed E-state index contributed by atoms with van der Waals surface area (Å²) in [6.07, 6.45) is 2.65. The first-order valence-corrected chi connectivity index (χ1v) is 10.8. The number of aliphatic carboxylic acids is 1. The molecule has 0 aromatic heterocycles. The van der Waals surface area contributed by atoms with Crippen molar-refractivity contribution in [3.8, 4) is 5.75 Å². The van der Waals surface area contributed by atoms with Crippen LogP contribution in [-0.4, -0.2) is 37.0 Å². The minimum Gasteiger partial charge on any atom is -0.497 e. The second-order valence-electron chi connectivity index (χ2n) is 7.01. The van der Waals surface area contributed by atoms with Crippen LogP contribution in [0, 0.1) is 5.92 Å². The van der Waals surface area contributed by atoms with E-state index in [1.807, 2.05) is 30.3 Å². The van der Waals surface area contributed by atoms with Crippen LogP contribution in [0.2, 0.25) is 0 Å². The van der Waals surface area contributed by atoms with Gasteiger partial charge in [0.1, 0.15) is 5.75 Å². The molecule has 0 spiro atoms. The Morgan fingerprint density at radius 2 is 1.71 bits per heavy atom. The number of hydrogen-bond acceptors (Lipinski definition) is 4. The molecular formula is C21H25NO5S. The van der Waals surface area contributed by atoms with Crippen LogP contribution in [-0.2, 0) is 21.4 Å². The molecule has 1 fully saturated rings. The van der Waals surface area contributed by atoms with E-state index in [9.17, 15) is 18.3 Å². The van der Waals surface area contributed by atoms with Gasteiger partial charge in [0.15, 0.2) is 0 Å². The van der Waals surface area contributed by atoms with Gasteiger partial charge in [-0.1, -0.05) is 43.2 Å². The van der Waals surface area contributed by atoms with E-state index in [4.69, 9.17) is 4.74 Å². The number of benzene rings is 2. The molecule has 7 heteroatoms. The number of nitrogens with zero attached hydrogens (tertiary/aromatic N) is 1. The van der Waals surface area contributed by atoms with Gasteiger partial charge in [0.2, 0.25) is 10.0 Å². The lowest BCUT2D eigenvalue weighted by Crippen LogP contribution is -2.47. The molecule has 1 aliphatic rings. The van der Waals surface area contributed by atoms with E-state index in [0.717, 1.165) is 18.4 Å². The summed E-state index contributed by atoms with van der Waals surface area (Å²) < 4.78 is 33.5. The molecule has 0 unspecified atom stereocenters. The molecule has 2 aromatic carbocycles. The van der Waals surface area contributed by atoms with Crippen LogP contribution >= 0.6 is 0 Å². The summed E-state index contributed by atoms with van der Waals surface area (Å²) in [7, 11) is -2.36. The van der Waals surface area contributed by atoms with E-state index in [1.165, 1.54) is 23.5 Å². The van der Waals surface area contributed by atoms with E-state index in [-0.39, 0.29) is 11.4 Å². The first kappa shape index (κ1) is 20.4. The van der Waals surface area contributed by atoms with Gasteiger partial charge >= 0.3 is 5.97 Å². The molecule has 1 N–H and O–H groups in total. The highest BCUT2D eigenvalue weighted by atomic mass is 32.2. The highest BCUT2D eigenvalue weighted by Crippen LogP contribution is 2.34. The van der Waals surface area contributed by atoms with Crippen molar-refractivity contribution in [3.05, 3.63) is 60.2 Å². The number of ether oxygens (including phenoxy) is 1. The molecule has 0 bridgehead atoms. The van der Waals surface area contributed by atoms with Gasteiger partial charge in [-0.15, -0.1) is 0 Å². The van der Waals surface area contributed by atoms with Gasteiger partial charge < -0.3 is 9.84 Å². The fraction of sp³-hybridized carbons (Fsp3) is 0.381. The largest absolute Gasteiger partial charge is 0.497 e. The van der Waals surface area contributed by atoms with Crippen molar-refractivity contribution >= 4 is 16.0 Å². The van der Waals surface area contributed by atoms with Gasteiger partial charge in [0.05, 0.1) is 17.9 Å². The maximum absolute atomic E-state index is 13.5. The van der Waals surface area contributed by atoms with Gasteiger partial charge in [-0.25, -0.2) is 8.42 Å². The lowest BCUT2D eigenvalue weighted by Gasteiger charge is -2.37. The monoisotopic (exact) mass is 403 g/mol. The van der Waals surface area contributed by atoms with E-state index in [0.29, 0.717) is 18.6 Å². The van der Waals surface area contributed by atoms with Gasteiger partial charge in [-0.05, 0) is 42.7 Å². The SMILES string of the molecule is COc1ccc(S(=O)(=O)N(Cc2ccccc2)[C@H]2CCCC[C@@H]2C(=O)O)cc1. The van der Waals surface area contributed by atoms with Crippen LogP contribution in [0.25, 0.3) is 0 Å². The zero-order chi connectivity index (χ0) is 20.1. The summed E-state index contributed by atoms with van der Waals surface area (Å²) in [6, 6.07) is 14.9. The smallest absolute Gasteiger partial charge is 0.308 e. The first-order chi connectivity index (χ1) is 13.4. The summed E-state index contributed by atoms with van der Waals surface area (Å²) in [4.78, 5) is 12.0. The van der Waals surface area contributed by atoms with Crippen molar-refractivity contribution in [3.63, 3.8) is 0 Å². The summed E-state index contributed by atoms with van der Waals surface area (Å²) in [6.45, 7) is 0.143. The average Bonchev–Trinajstić information content (AvgIpc) is 2.72. The molecule has 0 radical (unpaired) electrons. The van der Waals surface area contributed by atoms with Crippen LogP contribution in [0.3, 0.4) is 0 Å². The van der Waals surface area contributed by atoms with E-state index in [1.54, 1.807) is 12.1 Å². The molecule has 2 atom stereocenters. The third-order valence-corrected chi connectivity index (χ3v) is 7.15. The quantitative estimate of drug-likeness (QED) is 0.765. The van der Waals surface area contributed by atoms with Crippen LogP contribution in [0.5, 0.6) is 5.75 Å². The Morgan fingerprint density at radius 3 is 2.32 bits per heavy atom. The summed E-state index contributed by atoms with van der Waals surface area (Å²) in [5, 5.41) is 9.69. The van der Waals surface area contributed by atoms with Gasteiger partial charge in [-0.3, -0.25) is 4.79 Å². The van der Waals surface area contributed by atoms with Crippen LogP contribution in [0.15, 0.2) is 59.5 Å². The topological polar surface area (TPSA) is 83.9 Å². The number of carboxylic acids is 1.